The van der Waals surface area contributed by atoms with Gasteiger partial charge in [-0.15, -0.1) is 0 Å². The molecular weight excluding hydrogens is 290 g/mol. The second kappa shape index (κ2) is 7.98. The number of carbonyl (C=O) groups is 1. The summed E-state index contributed by atoms with van der Waals surface area (Å²) in [6, 6.07) is 9.23. The van der Waals surface area contributed by atoms with Gasteiger partial charge in [0, 0.05) is 19.7 Å². The summed E-state index contributed by atoms with van der Waals surface area (Å²) in [5, 5.41) is 11.8. The number of carbonyl (C=O) groups excluding carboxylic acids is 1. The molecule has 0 aliphatic carbocycles. The summed E-state index contributed by atoms with van der Waals surface area (Å²) < 4.78 is 5.81. The maximum absolute atomic E-state index is 12.3. The van der Waals surface area contributed by atoms with Crippen molar-refractivity contribution < 1.29 is 9.53 Å². The molecule has 2 atom stereocenters. The maximum Gasteiger partial charge on any atom is 0.317 e. The zero-order valence-electron chi connectivity index (χ0n) is 14.1. The van der Waals surface area contributed by atoms with Gasteiger partial charge in [-0.05, 0) is 37.0 Å². The van der Waals surface area contributed by atoms with Crippen molar-refractivity contribution in [2.24, 2.45) is 5.92 Å². The monoisotopic (exact) mass is 315 g/mol. The van der Waals surface area contributed by atoms with Crippen molar-refractivity contribution in [1.29, 1.82) is 5.26 Å². The smallest absolute Gasteiger partial charge is 0.317 e. The van der Waals surface area contributed by atoms with E-state index >= 15 is 0 Å². The van der Waals surface area contributed by atoms with Crippen LogP contribution in [-0.2, 0) is 4.74 Å². The summed E-state index contributed by atoms with van der Waals surface area (Å²) in [6.07, 6.45) is 1.04. The molecule has 1 aliphatic heterocycles. The number of likely N-dealkylation sites (tertiary alicyclic amines) is 1. The van der Waals surface area contributed by atoms with Gasteiger partial charge in [-0.1, -0.05) is 26.0 Å². The van der Waals surface area contributed by atoms with Crippen molar-refractivity contribution in [3.63, 3.8) is 0 Å². The first kappa shape index (κ1) is 17.3. The van der Waals surface area contributed by atoms with E-state index in [0.717, 1.165) is 25.1 Å². The minimum atomic E-state index is -0.0918. The predicted octanol–water partition coefficient (Wildman–Crippen LogP) is 3.08. The lowest BCUT2D eigenvalue weighted by molar-refractivity contribution is 0.0435. The van der Waals surface area contributed by atoms with E-state index in [2.05, 4.69) is 25.2 Å². The number of benzene rings is 1. The standard InChI is InChI=1S/C18H25N3O2/c1-13(2)12-23-17-8-9-21(11-17)18(22)20-14(3)16-6-4-15(10-19)5-7-16/h4-7,13-14,17H,8-9,11-12H2,1-3H3,(H,20,22)/t14-,17+/m0/s1. The molecule has 1 N–H and O–H groups in total. The molecule has 1 aliphatic rings. The second-order valence-electron chi connectivity index (χ2n) is 6.49. The van der Waals surface area contributed by atoms with Crippen molar-refractivity contribution in [1.82, 2.24) is 10.2 Å². The summed E-state index contributed by atoms with van der Waals surface area (Å²) in [6.45, 7) is 8.31. The molecule has 0 bridgehead atoms. The van der Waals surface area contributed by atoms with E-state index in [1.54, 1.807) is 12.1 Å². The molecule has 23 heavy (non-hydrogen) atoms. The average molecular weight is 315 g/mol. The summed E-state index contributed by atoms with van der Waals surface area (Å²) in [5.74, 6) is 0.509. The van der Waals surface area contributed by atoms with Gasteiger partial charge in [-0.2, -0.15) is 5.26 Å². The number of nitrogens with zero attached hydrogens (tertiary/aromatic N) is 2. The Balaban J connectivity index is 1.83. The summed E-state index contributed by atoms with van der Waals surface area (Å²) in [7, 11) is 0. The zero-order chi connectivity index (χ0) is 16.8. The number of ether oxygens (including phenoxy) is 1. The lowest BCUT2D eigenvalue weighted by Crippen LogP contribution is -2.40. The van der Waals surface area contributed by atoms with Crippen LogP contribution in [0.25, 0.3) is 0 Å². The Kier molecular flexibility index (Phi) is 6.00. The molecule has 1 aromatic rings. The Morgan fingerprint density at radius 2 is 2.09 bits per heavy atom. The fraction of sp³-hybridized carbons (Fsp3) is 0.556. The largest absolute Gasteiger partial charge is 0.376 e. The minimum Gasteiger partial charge on any atom is -0.376 e. The molecule has 0 spiro atoms. The van der Waals surface area contributed by atoms with Crippen LogP contribution in [0.15, 0.2) is 24.3 Å². The number of hydrogen-bond acceptors (Lipinski definition) is 3. The van der Waals surface area contributed by atoms with Gasteiger partial charge in [0.05, 0.1) is 23.8 Å². The van der Waals surface area contributed by atoms with E-state index in [0.29, 0.717) is 18.0 Å². The van der Waals surface area contributed by atoms with E-state index in [4.69, 9.17) is 10.00 Å². The van der Waals surface area contributed by atoms with Gasteiger partial charge < -0.3 is 15.0 Å². The van der Waals surface area contributed by atoms with Crippen molar-refractivity contribution >= 4 is 6.03 Å². The predicted molar refractivity (Wildman–Crippen MR) is 88.9 cm³/mol. The van der Waals surface area contributed by atoms with Crippen LogP contribution in [0.5, 0.6) is 0 Å². The van der Waals surface area contributed by atoms with Gasteiger partial charge in [0.1, 0.15) is 0 Å². The van der Waals surface area contributed by atoms with Gasteiger partial charge in [-0.25, -0.2) is 4.79 Å². The zero-order valence-corrected chi connectivity index (χ0v) is 14.1. The van der Waals surface area contributed by atoms with Crippen LogP contribution in [0.3, 0.4) is 0 Å². The quantitative estimate of drug-likeness (QED) is 0.908. The van der Waals surface area contributed by atoms with Crippen molar-refractivity contribution in [2.45, 2.75) is 39.3 Å². The van der Waals surface area contributed by atoms with Crippen molar-refractivity contribution in [2.75, 3.05) is 19.7 Å². The van der Waals surface area contributed by atoms with E-state index in [9.17, 15) is 4.79 Å². The van der Waals surface area contributed by atoms with Gasteiger partial charge in [0.2, 0.25) is 0 Å². The van der Waals surface area contributed by atoms with Crippen LogP contribution in [0.4, 0.5) is 4.79 Å². The molecule has 0 unspecified atom stereocenters. The number of amides is 2. The van der Waals surface area contributed by atoms with Gasteiger partial charge in [0.15, 0.2) is 0 Å². The van der Waals surface area contributed by atoms with Gasteiger partial charge >= 0.3 is 6.03 Å². The first-order valence-electron chi connectivity index (χ1n) is 8.16. The Labute approximate surface area is 138 Å². The number of hydrogen-bond donors (Lipinski definition) is 1. The fourth-order valence-electron chi connectivity index (χ4n) is 2.58. The number of rotatable bonds is 5. The molecule has 2 amide bonds. The minimum absolute atomic E-state index is 0.0579. The van der Waals surface area contributed by atoms with Crippen molar-refractivity contribution in [3.8, 4) is 6.07 Å². The summed E-state index contributed by atoms with van der Waals surface area (Å²) >= 11 is 0. The molecule has 5 nitrogen and oxygen atoms in total. The molecule has 0 saturated carbocycles. The van der Waals surface area contributed by atoms with Crippen molar-refractivity contribution in [3.05, 3.63) is 35.4 Å². The number of nitriles is 1. The average Bonchev–Trinajstić information content (AvgIpc) is 3.02. The fourth-order valence-corrected chi connectivity index (χ4v) is 2.58. The summed E-state index contributed by atoms with van der Waals surface area (Å²) in [5.41, 5.74) is 1.61. The van der Waals surface area contributed by atoms with Crippen LogP contribution >= 0.6 is 0 Å². The molecule has 1 heterocycles. The molecular formula is C18H25N3O2. The van der Waals surface area contributed by atoms with E-state index in [1.165, 1.54) is 0 Å². The first-order valence-corrected chi connectivity index (χ1v) is 8.16. The van der Waals surface area contributed by atoms with Crippen LogP contribution in [-0.4, -0.2) is 36.7 Å². The summed E-state index contributed by atoms with van der Waals surface area (Å²) in [4.78, 5) is 14.2. The van der Waals surface area contributed by atoms with E-state index in [1.807, 2.05) is 24.0 Å². The molecule has 1 fully saturated rings. The first-order chi connectivity index (χ1) is 11.0. The van der Waals surface area contributed by atoms with Crippen LogP contribution in [0.2, 0.25) is 0 Å². The van der Waals surface area contributed by atoms with Crippen LogP contribution in [0.1, 0.15) is 44.4 Å². The molecule has 5 heteroatoms. The topological polar surface area (TPSA) is 65.4 Å². The molecule has 1 saturated heterocycles. The normalized spacial score (nSPS) is 18.7. The lowest BCUT2D eigenvalue weighted by Gasteiger charge is -2.21. The number of nitrogens with one attached hydrogen (secondary N) is 1. The third kappa shape index (κ3) is 4.97. The lowest BCUT2D eigenvalue weighted by atomic mass is 10.1. The molecule has 0 aromatic heterocycles. The van der Waals surface area contributed by atoms with Crippen LogP contribution in [0, 0.1) is 17.2 Å². The Morgan fingerprint density at radius 3 is 2.70 bits per heavy atom. The number of urea groups is 1. The second-order valence-corrected chi connectivity index (χ2v) is 6.49. The Hall–Kier alpha value is -2.06. The third-order valence-electron chi connectivity index (χ3n) is 3.98. The maximum atomic E-state index is 12.3. The highest BCUT2D eigenvalue weighted by molar-refractivity contribution is 5.75. The van der Waals surface area contributed by atoms with E-state index in [-0.39, 0.29) is 18.2 Å². The van der Waals surface area contributed by atoms with Gasteiger partial charge in [-0.3, -0.25) is 0 Å². The third-order valence-corrected chi connectivity index (χ3v) is 3.98. The highest BCUT2D eigenvalue weighted by Gasteiger charge is 2.27. The highest BCUT2D eigenvalue weighted by Crippen LogP contribution is 2.17. The molecule has 124 valence electrons. The Morgan fingerprint density at radius 1 is 1.39 bits per heavy atom. The highest BCUT2D eigenvalue weighted by atomic mass is 16.5. The molecule has 1 aromatic carbocycles. The Bertz CT molecular complexity index is 563. The van der Waals surface area contributed by atoms with E-state index < -0.39 is 0 Å². The molecule has 2 rings (SSSR count). The molecule has 0 radical (unpaired) electrons. The van der Waals surface area contributed by atoms with Gasteiger partial charge in [0.25, 0.3) is 0 Å². The van der Waals surface area contributed by atoms with Crippen LogP contribution < -0.4 is 5.32 Å². The SMILES string of the molecule is CC(C)CO[C@@H]1CCN(C(=O)N[C@@H](C)c2ccc(C#N)cc2)C1.